The first-order chi connectivity index (χ1) is 9.60. The number of aliphatic carboxylic acids is 1. The van der Waals surface area contributed by atoms with Crippen molar-refractivity contribution in [2.45, 2.75) is 32.7 Å². The Bertz CT molecular complexity index is 489. The number of urea groups is 1. The fourth-order valence-corrected chi connectivity index (χ4v) is 3.02. The first-order valence-corrected chi connectivity index (χ1v) is 7.61. The van der Waals surface area contributed by atoms with E-state index in [1.165, 1.54) is 4.88 Å². The van der Waals surface area contributed by atoms with Crippen molar-refractivity contribution in [3.05, 3.63) is 16.1 Å². The molecule has 2 heterocycles. The molecule has 1 unspecified atom stereocenters. The third-order valence-electron chi connectivity index (χ3n) is 3.40. The summed E-state index contributed by atoms with van der Waals surface area (Å²) in [5.41, 5.74) is 0. The molecular formula is C13H19N3O3S. The second-order valence-corrected chi connectivity index (χ2v) is 6.06. The molecule has 1 aliphatic heterocycles. The zero-order valence-electron chi connectivity index (χ0n) is 11.5. The molecule has 0 radical (unpaired) electrons. The van der Waals surface area contributed by atoms with E-state index >= 15 is 0 Å². The number of carbonyl (C=O) groups is 2. The number of carboxylic acids is 1. The lowest BCUT2D eigenvalue weighted by atomic mass is 9.99. The van der Waals surface area contributed by atoms with Gasteiger partial charge in [0, 0.05) is 24.2 Å². The van der Waals surface area contributed by atoms with Crippen LogP contribution in [0.5, 0.6) is 0 Å². The number of rotatable bonds is 4. The molecule has 20 heavy (non-hydrogen) atoms. The highest BCUT2D eigenvalue weighted by molar-refractivity contribution is 7.11. The van der Waals surface area contributed by atoms with E-state index in [2.05, 4.69) is 17.2 Å². The Hall–Kier alpha value is -1.63. The van der Waals surface area contributed by atoms with Crippen LogP contribution >= 0.6 is 11.3 Å². The molecule has 1 aromatic heterocycles. The van der Waals surface area contributed by atoms with Gasteiger partial charge >= 0.3 is 12.0 Å². The van der Waals surface area contributed by atoms with E-state index in [-0.39, 0.29) is 6.03 Å². The van der Waals surface area contributed by atoms with Gasteiger partial charge in [-0.25, -0.2) is 9.78 Å². The molecule has 0 bridgehead atoms. The van der Waals surface area contributed by atoms with Gasteiger partial charge in [-0.3, -0.25) is 4.79 Å². The molecule has 1 atom stereocenters. The Balaban J connectivity index is 1.83. The summed E-state index contributed by atoms with van der Waals surface area (Å²) in [6.45, 7) is 3.38. The highest BCUT2D eigenvalue weighted by atomic mass is 32.1. The Morgan fingerprint density at radius 2 is 2.40 bits per heavy atom. The van der Waals surface area contributed by atoms with E-state index in [4.69, 9.17) is 5.11 Å². The minimum Gasteiger partial charge on any atom is -0.481 e. The van der Waals surface area contributed by atoms with Crippen molar-refractivity contribution in [3.63, 3.8) is 0 Å². The lowest BCUT2D eigenvalue weighted by Gasteiger charge is -2.30. The molecule has 7 heteroatoms. The first-order valence-electron chi connectivity index (χ1n) is 6.79. The van der Waals surface area contributed by atoms with Gasteiger partial charge in [-0.15, -0.1) is 11.3 Å². The number of amides is 2. The standard InChI is InChI=1S/C13H19N3O3S/c1-2-10-6-14-11(20-10)7-15-13(19)16-5-3-4-9(8-16)12(17)18/h6,9H,2-5,7-8H2,1H3,(H,15,19)(H,17,18). The Kier molecular flexibility index (Phi) is 4.94. The van der Waals surface area contributed by atoms with E-state index < -0.39 is 11.9 Å². The fraction of sp³-hybridized carbons (Fsp3) is 0.615. The van der Waals surface area contributed by atoms with Gasteiger partial charge in [0.2, 0.25) is 0 Å². The lowest BCUT2D eigenvalue weighted by Crippen LogP contribution is -2.46. The molecular weight excluding hydrogens is 278 g/mol. The number of hydrogen-bond acceptors (Lipinski definition) is 4. The molecule has 0 aromatic carbocycles. The van der Waals surface area contributed by atoms with Crippen molar-refractivity contribution in [3.8, 4) is 0 Å². The van der Waals surface area contributed by atoms with E-state index in [1.807, 2.05) is 6.20 Å². The van der Waals surface area contributed by atoms with Gasteiger partial charge in [-0.2, -0.15) is 0 Å². The number of carboxylic acid groups (broad SMARTS) is 1. The highest BCUT2D eigenvalue weighted by Gasteiger charge is 2.27. The van der Waals surface area contributed by atoms with Crippen molar-refractivity contribution in [1.82, 2.24) is 15.2 Å². The number of aryl methyl sites for hydroxylation is 1. The smallest absolute Gasteiger partial charge is 0.317 e. The minimum absolute atomic E-state index is 0.204. The molecule has 2 N–H and O–H groups in total. The van der Waals surface area contributed by atoms with E-state index in [0.717, 1.165) is 17.8 Å². The van der Waals surface area contributed by atoms with Crippen LogP contribution in [-0.4, -0.2) is 40.1 Å². The Morgan fingerprint density at radius 3 is 3.05 bits per heavy atom. The lowest BCUT2D eigenvalue weighted by molar-refractivity contribution is -0.143. The van der Waals surface area contributed by atoms with E-state index in [0.29, 0.717) is 26.1 Å². The molecule has 1 fully saturated rings. The maximum Gasteiger partial charge on any atom is 0.317 e. The van der Waals surface area contributed by atoms with Crippen molar-refractivity contribution in [1.29, 1.82) is 0 Å². The topological polar surface area (TPSA) is 82.5 Å². The number of thiazole rings is 1. The van der Waals surface area contributed by atoms with Crippen LogP contribution in [0.3, 0.4) is 0 Å². The summed E-state index contributed by atoms with van der Waals surface area (Å²) < 4.78 is 0. The number of aromatic nitrogens is 1. The highest BCUT2D eigenvalue weighted by Crippen LogP contribution is 2.17. The molecule has 1 aliphatic rings. The number of likely N-dealkylation sites (tertiary alicyclic amines) is 1. The number of piperidine rings is 1. The van der Waals surface area contributed by atoms with Crippen molar-refractivity contribution in [2.24, 2.45) is 5.92 Å². The van der Waals surface area contributed by atoms with Crippen LogP contribution in [0.2, 0.25) is 0 Å². The van der Waals surface area contributed by atoms with Gasteiger partial charge in [0.05, 0.1) is 12.5 Å². The predicted molar refractivity (Wildman–Crippen MR) is 75.7 cm³/mol. The second-order valence-electron chi connectivity index (χ2n) is 4.86. The zero-order valence-corrected chi connectivity index (χ0v) is 12.3. The maximum absolute atomic E-state index is 12.0. The molecule has 1 aromatic rings. The Labute approximate surface area is 121 Å². The average Bonchev–Trinajstić information content (AvgIpc) is 2.93. The quantitative estimate of drug-likeness (QED) is 0.886. The van der Waals surface area contributed by atoms with Gasteiger partial charge in [-0.1, -0.05) is 6.92 Å². The first kappa shape index (κ1) is 14.8. The average molecular weight is 297 g/mol. The van der Waals surface area contributed by atoms with Gasteiger partial charge < -0.3 is 15.3 Å². The summed E-state index contributed by atoms with van der Waals surface area (Å²) in [6, 6.07) is -0.204. The number of carbonyl (C=O) groups excluding carboxylic acids is 1. The molecule has 6 nitrogen and oxygen atoms in total. The maximum atomic E-state index is 12.0. The van der Waals surface area contributed by atoms with Crippen LogP contribution in [0, 0.1) is 5.92 Å². The summed E-state index contributed by atoms with van der Waals surface area (Å²) >= 11 is 1.59. The summed E-state index contributed by atoms with van der Waals surface area (Å²) in [7, 11) is 0. The SMILES string of the molecule is CCc1cnc(CNC(=O)N2CCCC(C(=O)O)C2)s1. The molecule has 0 spiro atoms. The van der Waals surface area contributed by atoms with Crippen LogP contribution in [0.4, 0.5) is 4.79 Å². The van der Waals surface area contributed by atoms with Crippen LogP contribution < -0.4 is 5.32 Å². The molecule has 2 amide bonds. The van der Waals surface area contributed by atoms with Crippen LogP contribution in [0.25, 0.3) is 0 Å². The second kappa shape index (κ2) is 6.69. The minimum atomic E-state index is -0.824. The largest absolute Gasteiger partial charge is 0.481 e. The fourth-order valence-electron chi connectivity index (χ4n) is 2.22. The van der Waals surface area contributed by atoms with Gasteiger partial charge in [-0.05, 0) is 19.3 Å². The summed E-state index contributed by atoms with van der Waals surface area (Å²) in [5.74, 6) is -1.27. The van der Waals surface area contributed by atoms with E-state index in [1.54, 1.807) is 16.2 Å². The third kappa shape index (κ3) is 3.69. The normalized spacial score (nSPS) is 18.9. The van der Waals surface area contributed by atoms with Gasteiger partial charge in [0.1, 0.15) is 5.01 Å². The molecule has 0 saturated carbocycles. The van der Waals surface area contributed by atoms with Crippen LogP contribution in [-0.2, 0) is 17.8 Å². The Morgan fingerprint density at radius 1 is 1.60 bits per heavy atom. The number of nitrogens with zero attached hydrogens (tertiary/aromatic N) is 2. The van der Waals surface area contributed by atoms with Crippen molar-refractivity contribution in [2.75, 3.05) is 13.1 Å². The summed E-state index contributed by atoms with van der Waals surface area (Å²) in [6.07, 6.45) is 4.15. The van der Waals surface area contributed by atoms with E-state index in [9.17, 15) is 9.59 Å². The van der Waals surface area contributed by atoms with Crippen LogP contribution in [0.15, 0.2) is 6.20 Å². The van der Waals surface area contributed by atoms with Crippen LogP contribution in [0.1, 0.15) is 29.7 Å². The number of hydrogen-bond donors (Lipinski definition) is 2. The predicted octanol–water partition coefficient (Wildman–Crippen LogP) is 1.71. The van der Waals surface area contributed by atoms with Crippen molar-refractivity contribution < 1.29 is 14.7 Å². The number of nitrogens with one attached hydrogen (secondary N) is 1. The van der Waals surface area contributed by atoms with Gasteiger partial charge in [0.25, 0.3) is 0 Å². The monoisotopic (exact) mass is 297 g/mol. The summed E-state index contributed by atoms with van der Waals surface area (Å²) in [4.78, 5) is 30.0. The zero-order chi connectivity index (χ0) is 14.5. The molecule has 2 rings (SSSR count). The molecule has 1 saturated heterocycles. The summed E-state index contributed by atoms with van der Waals surface area (Å²) in [5, 5.41) is 12.7. The molecule has 110 valence electrons. The molecule has 0 aliphatic carbocycles. The van der Waals surface area contributed by atoms with Crippen molar-refractivity contribution >= 4 is 23.3 Å². The third-order valence-corrected chi connectivity index (χ3v) is 4.54. The van der Waals surface area contributed by atoms with Gasteiger partial charge in [0.15, 0.2) is 0 Å².